The molecule has 0 spiro atoms. The van der Waals surface area contributed by atoms with Crippen LogP contribution in [0.1, 0.15) is 42.9 Å². The highest BCUT2D eigenvalue weighted by Crippen LogP contribution is 2.38. The van der Waals surface area contributed by atoms with Gasteiger partial charge in [0.05, 0.1) is 39.2 Å². The number of morpholine rings is 1. The summed E-state index contributed by atoms with van der Waals surface area (Å²) in [5.41, 5.74) is 2.59. The molecule has 1 saturated heterocycles. The molecule has 2 fully saturated rings. The van der Waals surface area contributed by atoms with Crippen molar-refractivity contribution in [3.05, 3.63) is 59.7 Å². The first-order chi connectivity index (χ1) is 19.1. The van der Waals surface area contributed by atoms with E-state index in [1.165, 1.54) is 0 Å². The summed E-state index contributed by atoms with van der Waals surface area (Å²) in [4.78, 5) is 31.4. The topological polar surface area (TPSA) is 83.9 Å². The van der Waals surface area contributed by atoms with Crippen molar-refractivity contribution in [3.8, 4) is 11.5 Å². The van der Waals surface area contributed by atoms with Crippen LogP contribution in [0.3, 0.4) is 0 Å². The molecule has 0 aromatic heterocycles. The fraction of sp³-hybridized carbons (Fsp3) is 0.500. The number of para-hydroxylation sites is 1. The van der Waals surface area contributed by atoms with Gasteiger partial charge in [-0.25, -0.2) is 5.01 Å². The van der Waals surface area contributed by atoms with Gasteiger partial charge in [0.2, 0.25) is 5.91 Å². The molecule has 2 aromatic carbocycles. The fourth-order valence-electron chi connectivity index (χ4n) is 5.40. The molecule has 208 valence electrons. The summed E-state index contributed by atoms with van der Waals surface area (Å²) in [6.07, 6.45) is 3.39. The second-order valence-electron chi connectivity index (χ2n) is 10.3. The molecule has 3 aliphatic rings. The van der Waals surface area contributed by atoms with E-state index in [0.29, 0.717) is 31.9 Å². The van der Waals surface area contributed by atoms with Gasteiger partial charge in [-0.15, -0.1) is 0 Å². The number of hydrogen-bond acceptors (Lipinski definition) is 7. The lowest BCUT2D eigenvalue weighted by Crippen LogP contribution is -2.49. The van der Waals surface area contributed by atoms with Crippen LogP contribution in [0.4, 0.5) is 0 Å². The number of benzene rings is 2. The predicted octanol–water partition coefficient (Wildman–Crippen LogP) is 3.34. The average molecular weight is 535 g/mol. The minimum absolute atomic E-state index is 0.000211. The molecule has 0 bridgehead atoms. The molecule has 9 nitrogen and oxygen atoms in total. The highest BCUT2D eigenvalue weighted by molar-refractivity contribution is 6.03. The van der Waals surface area contributed by atoms with E-state index in [4.69, 9.17) is 19.3 Å². The van der Waals surface area contributed by atoms with Gasteiger partial charge in [-0.05, 0) is 31.0 Å². The monoisotopic (exact) mass is 534 g/mol. The van der Waals surface area contributed by atoms with Crippen LogP contribution < -0.4 is 9.47 Å². The average Bonchev–Trinajstić information content (AvgIpc) is 3.40. The zero-order chi connectivity index (χ0) is 27.2. The van der Waals surface area contributed by atoms with Crippen molar-refractivity contribution in [2.45, 2.75) is 31.7 Å². The number of rotatable bonds is 10. The van der Waals surface area contributed by atoms with Gasteiger partial charge in [0.1, 0.15) is 18.0 Å². The Morgan fingerprint density at radius 2 is 1.85 bits per heavy atom. The third kappa shape index (κ3) is 6.25. The quantitative estimate of drug-likeness (QED) is 0.465. The summed E-state index contributed by atoms with van der Waals surface area (Å²) in [5, 5.41) is 6.39. The van der Waals surface area contributed by atoms with E-state index in [1.807, 2.05) is 48.5 Å². The molecule has 1 saturated carbocycles. The first-order valence-electron chi connectivity index (χ1n) is 13.8. The van der Waals surface area contributed by atoms with Crippen molar-refractivity contribution >= 4 is 17.5 Å². The molecule has 2 aliphatic heterocycles. The number of ether oxygens (including phenoxy) is 3. The number of hydrazone groups is 1. The normalized spacial score (nSPS) is 19.8. The van der Waals surface area contributed by atoms with Crippen molar-refractivity contribution in [2.75, 3.05) is 60.2 Å². The molecular formula is C30H38N4O5. The fourth-order valence-corrected chi connectivity index (χ4v) is 5.40. The lowest BCUT2D eigenvalue weighted by molar-refractivity contribution is -0.145. The summed E-state index contributed by atoms with van der Waals surface area (Å²) >= 11 is 0. The number of hydrogen-bond donors (Lipinski definition) is 0. The third-order valence-corrected chi connectivity index (χ3v) is 7.95. The van der Waals surface area contributed by atoms with Crippen LogP contribution in [0.5, 0.6) is 11.5 Å². The van der Waals surface area contributed by atoms with Crippen molar-refractivity contribution in [2.24, 2.45) is 11.0 Å². The van der Waals surface area contributed by atoms with Gasteiger partial charge in [-0.3, -0.25) is 14.5 Å². The Labute approximate surface area is 230 Å². The molecule has 0 unspecified atom stereocenters. The van der Waals surface area contributed by atoms with Crippen LogP contribution >= 0.6 is 0 Å². The second kappa shape index (κ2) is 12.6. The zero-order valence-electron chi connectivity index (χ0n) is 22.9. The summed E-state index contributed by atoms with van der Waals surface area (Å²) in [7, 11) is 3.27. The van der Waals surface area contributed by atoms with E-state index in [-0.39, 0.29) is 30.3 Å². The van der Waals surface area contributed by atoms with Gasteiger partial charge in [-0.1, -0.05) is 36.8 Å². The molecule has 2 aromatic rings. The third-order valence-electron chi connectivity index (χ3n) is 7.95. The number of amides is 2. The Kier molecular flexibility index (Phi) is 8.78. The first kappa shape index (κ1) is 27.1. The highest BCUT2D eigenvalue weighted by Gasteiger charge is 2.37. The second-order valence-corrected chi connectivity index (χ2v) is 10.3. The van der Waals surface area contributed by atoms with Crippen LogP contribution in [0.25, 0.3) is 0 Å². The van der Waals surface area contributed by atoms with E-state index in [9.17, 15) is 9.59 Å². The number of nitrogens with zero attached hydrogens (tertiary/aromatic N) is 4. The van der Waals surface area contributed by atoms with Crippen molar-refractivity contribution in [3.63, 3.8) is 0 Å². The van der Waals surface area contributed by atoms with E-state index >= 15 is 0 Å². The molecule has 2 amide bonds. The molecule has 5 rings (SSSR count). The van der Waals surface area contributed by atoms with E-state index in [0.717, 1.165) is 61.5 Å². The number of carbonyl (C=O) groups is 2. The van der Waals surface area contributed by atoms with Gasteiger partial charge >= 0.3 is 0 Å². The van der Waals surface area contributed by atoms with Gasteiger partial charge < -0.3 is 19.1 Å². The maximum absolute atomic E-state index is 13.9. The molecule has 9 heteroatoms. The first-order valence-corrected chi connectivity index (χ1v) is 13.8. The maximum atomic E-state index is 13.9. The molecule has 0 radical (unpaired) electrons. The van der Waals surface area contributed by atoms with E-state index < -0.39 is 0 Å². The van der Waals surface area contributed by atoms with E-state index in [1.54, 1.807) is 24.1 Å². The van der Waals surface area contributed by atoms with Crippen molar-refractivity contribution in [1.82, 2.24) is 14.8 Å². The predicted molar refractivity (Wildman–Crippen MR) is 148 cm³/mol. The molecule has 2 heterocycles. The van der Waals surface area contributed by atoms with Gasteiger partial charge in [-0.2, -0.15) is 5.10 Å². The maximum Gasteiger partial charge on any atom is 0.262 e. The molecule has 39 heavy (non-hydrogen) atoms. The molecular weight excluding hydrogens is 496 g/mol. The lowest BCUT2D eigenvalue weighted by atomic mass is 9.84. The van der Waals surface area contributed by atoms with Crippen LogP contribution in [-0.2, 0) is 14.3 Å². The Morgan fingerprint density at radius 3 is 2.56 bits per heavy atom. The Hall–Kier alpha value is -3.43. The standard InChI is InChI=1S/C30H38N4O5/c1-37-24-10-6-9-23(19-24)26-20-27(25-11-3-4-12-28(25)38-2)34(31-26)29(35)21-33(30(36)22-7-5-8-22)14-13-32-15-17-39-18-16-32/h3-4,6,9-12,19,22,27H,5,7-8,13-18,20-21H2,1-2H3/t27-/m1/s1. The summed E-state index contributed by atoms with van der Waals surface area (Å²) in [6, 6.07) is 15.1. The SMILES string of the molecule is COc1cccc(C2=NN(C(=O)CN(CCN3CCOCC3)C(=O)C3CCC3)[C@@H](c3ccccc3OC)C2)c1. The highest BCUT2D eigenvalue weighted by atomic mass is 16.5. The van der Waals surface area contributed by atoms with Gasteiger partial charge in [0.25, 0.3) is 5.91 Å². The Bertz CT molecular complexity index is 1190. The van der Waals surface area contributed by atoms with Crippen LogP contribution in [0, 0.1) is 5.92 Å². The lowest BCUT2D eigenvalue weighted by Gasteiger charge is -2.34. The minimum Gasteiger partial charge on any atom is -0.497 e. The molecule has 0 N–H and O–H groups in total. The zero-order valence-corrected chi connectivity index (χ0v) is 22.9. The largest absolute Gasteiger partial charge is 0.497 e. The van der Waals surface area contributed by atoms with Crippen molar-refractivity contribution < 1.29 is 23.8 Å². The van der Waals surface area contributed by atoms with Gasteiger partial charge in [0, 0.05) is 49.6 Å². The van der Waals surface area contributed by atoms with Crippen LogP contribution in [-0.4, -0.2) is 92.5 Å². The summed E-state index contributed by atoms with van der Waals surface area (Å²) < 4.78 is 16.5. The van der Waals surface area contributed by atoms with Gasteiger partial charge in [0.15, 0.2) is 0 Å². The Morgan fingerprint density at radius 1 is 1.05 bits per heavy atom. The Balaban J connectivity index is 1.40. The minimum atomic E-state index is -0.338. The van der Waals surface area contributed by atoms with E-state index in [2.05, 4.69) is 4.90 Å². The van der Waals surface area contributed by atoms with Crippen LogP contribution in [0.2, 0.25) is 0 Å². The smallest absolute Gasteiger partial charge is 0.262 e. The molecule has 1 atom stereocenters. The van der Waals surface area contributed by atoms with Crippen LogP contribution in [0.15, 0.2) is 53.6 Å². The molecule has 1 aliphatic carbocycles. The van der Waals surface area contributed by atoms with Crippen molar-refractivity contribution in [1.29, 1.82) is 0 Å². The summed E-state index contributed by atoms with van der Waals surface area (Å²) in [5.74, 6) is 1.33. The number of methoxy groups -OCH3 is 2. The summed E-state index contributed by atoms with van der Waals surface area (Å²) in [6.45, 7) is 4.33. The number of carbonyl (C=O) groups excluding carboxylic acids is 2.